The van der Waals surface area contributed by atoms with Crippen molar-refractivity contribution in [2.45, 2.75) is 56.7 Å². The van der Waals surface area contributed by atoms with Crippen molar-refractivity contribution >= 4 is 0 Å². The van der Waals surface area contributed by atoms with E-state index in [2.05, 4.69) is 17.5 Å². The number of nitrogens with one attached hydrogen (secondary N) is 1. The monoisotopic (exact) mass is 543 g/mol. The van der Waals surface area contributed by atoms with Crippen molar-refractivity contribution in [3.05, 3.63) is 129 Å². The summed E-state index contributed by atoms with van der Waals surface area (Å²) >= 11 is 0. The van der Waals surface area contributed by atoms with Gasteiger partial charge >= 0.3 is 5.69 Å². The van der Waals surface area contributed by atoms with Crippen molar-refractivity contribution in [1.82, 2.24) is 14.5 Å². The summed E-state index contributed by atoms with van der Waals surface area (Å²) in [6, 6.07) is 31.6. The number of nitrogens with zero attached hydrogens (tertiary/aromatic N) is 4. The van der Waals surface area contributed by atoms with Crippen LogP contribution in [0.4, 0.5) is 0 Å². The second-order valence-corrected chi connectivity index (χ2v) is 10.7. The van der Waals surface area contributed by atoms with Crippen LogP contribution in [0.1, 0.15) is 48.8 Å². The quantitative estimate of drug-likeness (QED) is 0.300. The van der Waals surface area contributed by atoms with Crippen LogP contribution in [0.3, 0.4) is 0 Å². The van der Waals surface area contributed by atoms with Crippen LogP contribution in [0.2, 0.25) is 0 Å². The molecule has 1 fully saturated rings. The Morgan fingerprint density at radius 3 is 2.17 bits per heavy atom. The molecule has 1 aliphatic rings. The summed E-state index contributed by atoms with van der Waals surface area (Å²) in [4.78, 5) is 26.9. The van der Waals surface area contributed by atoms with Gasteiger partial charge in [-0.15, -0.1) is 0 Å². The molecule has 1 saturated carbocycles. The fourth-order valence-corrected chi connectivity index (χ4v) is 5.75. The minimum absolute atomic E-state index is 0.274. The molecule has 1 N–H and O–H groups in total. The Hall–Kier alpha value is -4.72. The van der Waals surface area contributed by atoms with Crippen LogP contribution in [0.25, 0.3) is 11.1 Å². The number of hydrogen-bond acceptors (Lipinski definition) is 5. The topological polar surface area (TPSA) is 104 Å². The van der Waals surface area contributed by atoms with E-state index in [1.165, 1.54) is 4.57 Å². The van der Waals surface area contributed by atoms with Crippen molar-refractivity contribution in [2.24, 2.45) is 0 Å². The van der Waals surface area contributed by atoms with Crippen LogP contribution in [0, 0.1) is 22.7 Å². The maximum Gasteiger partial charge on any atom is 0.331 e. The molecular formula is C34H33N5O2. The second kappa shape index (κ2) is 12.6. The average Bonchev–Trinajstić information content (AvgIpc) is 3.03. The number of aromatic nitrogens is 2. The highest BCUT2D eigenvalue weighted by Gasteiger charge is 2.37. The van der Waals surface area contributed by atoms with Crippen molar-refractivity contribution in [1.29, 1.82) is 10.5 Å². The molecule has 0 saturated heterocycles. The molecule has 0 amide bonds. The molecule has 4 aromatic rings. The first-order valence-electron chi connectivity index (χ1n) is 14.1. The third-order valence-corrected chi connectivity index (χ3v) is 8.13. The lowest BCUT2D eigenvalue weighted by molar-refractivity contribution is 0.294. The predicted octanol–water partition coefficient (Wildman–Crippen LogP) is 4.98. The predicted molar refractivity (Wildman–Crippen MR) is 159 cm³/mol. The number of benzene rings is 3. The number of hydrogen-bond donors (Lipinski definition) is 1. The van der Waals surface area contributed by atoms with Crippen LogP contribution < -0.4 is 16.6 Å². The van der Waals surface area contributed by atoms with Gasteiger partial charge < -0.3 is 5.32 Å². The largest absolute Gasteiger partial charge is 0.331 e. The molecule has 0 atom stereocenters. The summed E-state index contributed by atoms with van der Waals surface area (Å²) in [5.41, 5.74) is 2.75. The Balaban J connectivity index is 1.25. The summed E-state index contributed by atoms with van der Waals surface area (Å²) in [5, 5.41) is 22.7. The Bertz CT molecular complexity index is 1670. The van der Waals surface area contributed by atoms with E-state index in [1.54, 1.807) is 22.9 Å². The van der Waals surface area contributed by atoms with E-state index in [-0.39, 0.29) is 17.3 Å². The molecule has 0 aliphatic heterocycles. The van der Waals surface area contributed by atoms with Gasteiger partial charge in [0, 0.05) is 18.8 Å². The van der Waals surface area contributed by atoms with Gasteiger partial charge in [-0.25, -0.2) is 4.79 Å². The van der Waals surface area contributed by atoms with Crippen molar-refractivity contribution in [2.75, 3.05) is 6.54 Å². The zero-order chi connectivity index (χ0) is 28.7. The number of nitriles is 2. The first-order chi connectivity index (χ1) is 20.0. The van der Waals surface area contributed by atoms with Gasteiger partial charge in [-0.05, 0) is 67.5 Å². The summed E-state index contributed by atoms with van der Waals surface area (Å²) in [6.45, 7) is 1.38. The van der Waals surface area contributed by atoms with Gasteiger partial charge in [0.2, 0.25) is 0 Å². The molecule has 7 heteroatoms. The third-order valence-electron chi connectivity index (χ3n) is 8.13. The zero-order valence-corrected chi connectivity index (χ0v) is 23.0. The molecule has 1 heterocycles. The van der Waals surface area contributed by atoms with E-state index in [0.29, 0.717) is 37.2 Å². The van der Waals surface area contributed by atoms with Gasteiger partial charge in [0.15, 0.2) is 0 Å². The highest BCUT2D eigenvalue weighted by Crippen LogP contribution is 2.39. The molecule has 1 aliphatic carbocycles. The summed E-state index contributed by atoms with van der Waals surface area (Å²) in [6.07, 6.45) is 5.53. The Morgan fingerprint density at radius 1 is 0.878 bits per heavy atom. The molecule has 206 valence electrons. The molecule has 1 aromatic heterocycles. The normalized spacial score (nSPS) is 18.3. The molecule has 5 rings (SSSR count). The molecule has 3 aromatic carbocycles. The van der Waals surface area contributed by atoms with E-state index < -0.39 is 5.41 Å². The highest BCUT2D eigenvalue weighted by molar-refractivity contribution is 5.61. The lowest BCUT2D eigenvalue weighted by Crippen LogP contribution is -2.42. The maximum atomic E-state index is 13.5. The van der Waals surface area contributed by atoms with Crippen LogP contribution in [0.5, 0.6) is 0 Å². The fourth-order valence-electron chi connectivity index (χ4n) is 5.75. The lowest BCUT2D eigenvalue weighted by atomic mass is 9.69. The van der Waals surface area contributed by atoms with E-state index in [1.807, 2.05) is 72.8 Å². The third kappa shape index (κ3) is 6.22. The van der Waals surface area contributed by atoms with E-state index in [4.69, 9.17) is 5.26 Å². The van der Waals surface area contributed by atoms with Gasteiger partial charge in [0.05, 0.1) is 35.2 Å². The second-order valence-electron chi connectivity index (χ2n) is 10.7. The van der Waals surface area contributed by atoms with Gasteiger partial charge in [-0.2, -0.15) is 10.5 Å². The van der Waals surface area contributed by atoms with Gasteiger partial charge in [0.1, 0.15) is 0 Å². The highest BCUT2D eigenvalue weighted by atomic mass is 16.2. The first kappa shape index (κ1) is 27.8. The molecule has 0 bridgehead atoms. The summed E-state index contributed by atoms with van der Waals surface area (Å²) in [7, 11) is 0. The van der Waals surface area contributed by atoms with E-state index >= 15 is 0 Å². The molecule has 0 radical (unpaired) electrons. The Labute approximate surface area is 239 Å². The summed E-state index contributed by atoms with van der Waals surface area (Å²) in [5.74, 6) is 0. The minimum atomic E-state index is -0.527. The lowest BCUT2D eigenvalue weighted by Gasteiger charge is -2.35. The fraction of sp³-hybridized carbons (Fsp3) is 0.294. The van der Waals surface area contributed by atoms with Crippen LogP contribution in [0.15, 0.2) is 101 Å². The molecule has 0 spiro atoms. The van der Waals surface area contributed by atoms with E-state index in [9.17, 15) is 14.9 Å². The van der Waals surface area contributed by atoms with E-state index in [0.717, 1.165) is 42.4 Å². The van der Waals surface area contributed by atoms with Crippen LogP contribution in [-0.4, -0.2) is 21.7 Å². The number of rotatable bonds is 9. The first-order valence-corrected chi connectivity index (χ1v) is 14.1. The average molecular weight is 544 g/mol. The summed E-state index contributed by atoms with van der Waals surface area (Å²) < 4.78 is 2.98. The van der Waals surface area contributed by atoms with Gasteiger partial charge in [-0.1, -0.05) is 72.8 Å². The zero-order valence-electron chi connectivity index (χ0n) is 23.0. The standard InChI is InChI=1S/C34H33N5O2/c35-22-26-12-14-29(15-13-26)34(25-36)18-16-30(17-19-34)37-20-7-21-39-32(40)31(28-10-5-2-6-11-28)24-38(33(39)41)23-27-8-3-1-4-9-27/h1-6,8-15,24,30,37H,7,16-21,23H2. The van der Waals surface area contributed by atoms with Crippen molar-refractivity contribution in [3.63, 3.8) is 0 Å². The van der Waals surface area contributed by atoms with Crippen LogP contribution >= 0.6 is 0 Å². The molecule has 7 nitrogen and oxygen atoms in total. The van der Waals surface area contributed by atoms with Crippen LogP contribution in [-0.2, 0) is 18.5 Å². The molecule has 41 heavy (non-hydrogen) atoms. The SMILES string of the molecule is N#Cc1ccc(C2(C#N)CCC(NCCCn3c(=O)c(-c4ccccc4)cn(Cc4ccccc4)c3=O)CC2)cc1. The molecular weight excluding hydrogens is 510 g/mol. The Morgan fingerprint density at radius 2 is 1.54 bits per heavy atom. The van der Waals surface area contributed by atoms with Gasteiger partial charge in [-0.3, -0.25) is 13.9 Å². The van der Waals surface area contributed by atoms with Crippen molar-refractivity contribution < 1.29 is 0 Å². The van der Waals surface area contributed by atoms with Crippen molar-refractivity contribution in [3.8, 4) is 23.3 Å². The Kier molecular flexibility index (Phi) is 8.58. The smallest absolute Gasteiger partial charge is 0.314 e. The molecule has 0 unspecified atom stereocenters. The minimum Gasteiger partial charge on any atom is -0.314 e. The maximum absolute atomic E-state index is 13.5. The van der Waals surface area contributed by atoms with Gasteiger partial charge in [0.25, 0.3) is 5.56 Å².